The van der Waals surface area contributed by atoms with Crippen molar-refractivity contribution in [3.63, 3.8) is 0 Å². The van der Waals surface area contributed by atoms with E-state index in [1.54, 1.807) is 43.5 Å². The first kappa shape index (κ1) is 17.4. The first-order valence-corrected chi connectivity index (χ1v) is 8.77. The molecule has 0 atom stereocenters. The van der Waals surface area contributed by atoms with Crippen molar-refractivity contribution >= 4 is 46.3 Å². The number of carbonyl (C=O) groups is 2. The summed E-state index contributed by atoms with van der Waals surface area (Å²) >= 11 is 6.37. The van der Waals surface area contributed by atoms with Gasteiger partial charge in [-0.3, -0.25) is 9.69 Å². The van der Waals surface area contributed by atoms with Crippen molar-refractivity contribution in [2.24, 2.45) is 0 Å². The molecular weight excluding hydrogens is 354 g/mol. The van der Waals surface area contributed by atoms with E-state index in [1.165, 1.54) is 16.7 Å². The van der Waals surface area contributed by atoms with Crippen molar-refractivity contribution in [1.82, 2.24) is 4.90 Å². The molecule has 0 unspecified atom stereocenters. The number of carbonyl (C=O) groups excluding carboxylic acids is 2. The van der Waals surface area contributed by atoms with Crippen LogP contribution in [0.1, 0.15) is 21.5 Å². The SMILES string of the molecule is Cc1cccc(C(=O)Oc2cccc(C=C3SC(=S)N(C)C3=O)c2)c1. The summed E-state index contributed by atoms with van der Waals surface area (Å²) in [6, 6.07) is 14.3. The minimum absolute atomic E-state index is 0.128. The van der Waals surface area contributed by atoms with Gasteiger partial charge in [0.1, 0.15) is 10.1 Å². The van der Waals surface area contributed by atoms with Crippen LogP contribution in [-0.4, -0.2) is 28.1 Å². The summed E-state index contributed by atoms with van der Waals surface area (Å²) in [5.41, 5.74) is 2.26. The minimum Gasteiger partial charge on any atom is -0.423 e. The van der Waals surface area contributed by atoms with Gasteiger partial charge >= 0.3 is 5.97 Å². The second kappa shape index (κ2) is 7.21. The highest BCUT2D eigenvalue weighted by Gasteiger charge is 2.28. The van der Waals surface area contributed by atoms with Crippen LogP contribution in [0.3, 0.4) is 0 Å². The summed E-state index contributed by atoms with van der Waals surface area (Å²) in [5.74, 6) is -0.120. The molecule has 6 heteroatoms. The molecule has 1 aliphatic heterocycles. The van der Waals surface area contributed by atoms with E-state index in [1.807, 2.05) is 25.1 Å². The number of thioether (sulfide) groups is 1. The predicted molar refractivity (Wildman–Crippen MR) is 104 cm³/mol. The zero-order chi connectivity index (χ0) is 18.0. The summed E-state index contributed by atoms with van der Waals surface area (Å²) in [4.78, 5) is 26.3. The van der Waals surface area contributed by atoms with Crippen LogP contribution < -0.4 is 4.74 Å². The van der Waals surface area contributed by atoms with Crippen LogP contribution in [0.4, 0.5) is 0 Å². The van der Waals surface area contributed by atoms with Gasteiger partial charge in [0.2, 0.25) is 0 Å². The van der Waals surface area contributed by atoms with E-state index in [0.29, 0.717) is 20.5 Å². The fourth-order valence-electron chi connectivity index (χ4n) is 2.30. The first-order chi connectivity index (χ1) is 11.9. The Morgan fingerprint density at radius 2 is 1.96 bits per heavy atom. The third-order valence-corrected chi connectivity index (χ3v) is 5.09. The number of benzene rings is 2. The second-order valence-corrected chi connectivity index (χ2v) is 7.25. The smallest absolute Gasteiger partial charge is 0.343 e. The third-order valence-electron chi connectivity index (χ3n) is 3.61. The Morgan fingerprint density at radius 3 is 2.64 bits per heavy atom. The van der Waals surface area contributed by atoms with E-state index >= 15 is 0 Å². The zero-order valence-corrected chi connectivity index (χ0v) is 15.3. The highest BCUT2D eigenvalue weighted by Crippen LogP contribution is 2.31. The molecule has 0 spiro atoms. The Morgan fingerprint density at radius 1 is 1.20 bits per heavy atom. The lowest BCUT2D eigenvalue weighted by molar-refractivity contribution is -0.121. The first-order valence-electron chi connectivity index (χ1n) is 7.54. The fourth-order valence-corrected chi connectivity index (χ4v) is 3.48. The average Bonchev–Trinajstić information content (AvgIpc) is 2.82. The number of rotatable bonds is 3. The van der Waals surface area contributed by atoms with Gasteiger partial charge in [0.05, 0.1) is 10.5 Å². The topological polar surface area (TPSA) is 46.6 Å². The van der Waals surface area contributed by atoms with E-state index in [2.05, 4.69) is 0 Å². The van der Waals surface area contributed by atoms with Crippen molar-refractivity contribution in [3.05, 3.63) is 70.1 Å². The number of thiocarbonyl (C=S) groups is 1. The second-order valence-electron chi connectivity index (χ2n) is 5.57. The summed E-state index contributed by atoms with van der Waals surface area (Å²) in [6.45, 7) is 1.92. The standard InChI is InChI=1S/C19H15NO3S2/c1-12-5-3-7-14(9-12)18(22)23-15-8-4-6-13(10-15)11-16-17(21)20(2)19(24)25-16/h3-11H,1-2H3. The van der Waals surface area contributed by atoms with Crippen molar-refractivity contribution in [3.8, 4) is 5.75 Å². The monoisotopic (exact) mass is 369 g/mol. The molecule has 0 aliphatic carbocycles. The summed E-state index contributed by atoms with van der Waals surface area (Å²) in [5, 5.41) is 0. The van der Waals surface area contributed by atoms with Crippen LogP contribution in [0.25, 0.3) is 6.08 Å². The highest BCUT2D eigenvalue weighted by molar-refractivity contribution is 8.26. The number of hydrogen-bond acceptors (Lipinski definition) is 5. The normalized spacial score (nSPS) is 15.8. The van der Waals surface area contributed by atoms with Crippen LogP contribution in [-0.2, 0) is 4.79 Å². The van der Waals surface area contributed by atoms with Crippen molar-refractivity contribution in [2.75, 3.05) is 7.05 Å². The molecule has 1 heterocycles. The molecule has 1 saturated heterocycles. The van der Waals surface area contributed by atoms with Crippen molar-refractivity contribution < 1.29 is 14.3 Å². The number of nitrogens with zero attached hydrogens (tertiary/aromatic N) is 1. The molecule has 25 heavy (non-hydrogen) atoms. The highest BCUT2D eigenvalue weighted by atomic mass is 32.2. The number of ether oxygens (including phenoxy) is 1. The molecule has 1 fully saturated rings. The van der Waals surface area contributed by atoms with Crippen LogP contribution in [0.15, 0.2) is 53.4 Å². The van der Waals surface area contributed by atoms with E-state index in [0.717, 1.165) is 11.1 Å². The third kappa shape index (κ3) is 3.97. The number of amides is 1. The number of hydrogen-bond donors (Lipinski definition) is 0. The van der Waals surface area contributed by atoms with Gasteiger partial charge in [-0.05, 0) is 42.8 Å². The van der Waals surface area contributed by atoms with Crippen LogP contribution in [0.2, 0.25) is 0 Å². The lowest BCUT2D eigenvalue weighted by Crippen LogP contribution is -2.22. The van der Waals surface area contributed by atoms with Gasteiger partial charge in [0.25, 0.3) is 5.91 Å². The molecule has 0 saturated carbocycles. The fraction of sp³-hybridized carbons (Fsp3) is 0.105. The zero-order valence-electron chi connectivity index (χ0n) is 13.7. The minimum atomic E-state index is -0.416. The number of esters is 1. The van der Waals surface area contributed by atoms with E-state index < -0.39 is 5.97 Å². The Kier molecular flexibility index (Phi) is 5.01. The Labute approximate surface area is 155 Å². The van der Waals surface area contributed by atoms with Gasteiger partial charge in [-0.1, -0.05) is 53.8 Å². The summed E-state index contributed by atoms with van der Waals surface area (Å²) < 4.78 is 5.96. The predicted octanol–water partition coefficient (Wildman–Crippen LogP) is 4.05. The Hall–Kier alpha value is -2.44. The molecule has 1 amide bonds. The molecule has 2 aromatic carbocycles. The Balaban J connectivity index is 1.79. The van der Waals surface area contributed by atoms with Crippen LogP contribution >= 0.6 is 24.0 Å². The molecule has 2 aromatic rings. The van der Waals surface area contributed by atoms with Crippen LogP contribution in [0.5, 0.6) is 5.75 Å². The van der Waals surface area contributed by atoms with Crippen molar-refractivity contribution in [2.45, 2.75) is 6.92 Å². The van der Waals surface area contributed by atoms with Gasteiger partial charge in [-0.15, -0.1) is 0 Å². The van der Waals surface area contributed by atoms with Gasteiger partial charge in [0.15, 0.2) is 0 Å². The lowest BCUT2D eigenvalue weighted by Gasteiger charge is -2.06. The molecule has 3 rings (SSSR count). The van der Waals surface area contributed by atoms with Gasteiger partial charge < -0.3 is 4.74 Å². The van der Waals surface area contributed by atoms with Gasteiger partial charge in [-0.2, -0.15) is 0 Å². The number of likely N-dealkylation sites (N-methyl/N-ethyl adjacent to an activating group) is 1. The lowest BCUT2D eigenvalue weighted by atomic mass is 10.1. The average molecular weight is 369 g/mol. The maximum atomic E-state index is 12.2. The molecule has 1 aliphatic rings. The Bertz CT molecular complexity index is 905. The van der Waals surface area contributed by atoms with Crippen molar-refractivity contribution in [1.29, 1.82) is 0 Å². The summed E-state index contributed by atoms with van der Waals surface area (Å²) in [6.07, 6.45) is 1.74. The van der Waals surface area contributed by atoms with Gasteiger partial charge in [0, 0.05) is 7.05 Å². The molecule has 126 valence electrons. The largest absolute Gasteiger partial charge is 0.423 e. The molecule has 4 nitrogen and oxygen atoms in total. The maximum absolute atomic E-state index is 12.2. The quantitative estimate of drug-likeness (QED) is 0.354. The summed E-state index contributed by atoms with van der Waals surface area (Å²) in [7, 11) is 1.65. The number of aryl methyl sites for hydroxylation is 1. The molecule has 0 N–H and O–H groups in total. The maximum Gasteiger partial charge on any atom is 0.343 e. The van der Waals surface area contributed by atoms with E-state index in [-0.39, 0.29) is 5.91 Å². The van der Waals surface area contributed by atoms with Crippen LogP contribution in [0, 0.1) is 6.92 Å². The molecule has 0 aromatic heterocycles. The molecule has 0 radical (unpaired) electrons. The van der Waals surface area contributed by atoms with Gasteiger partial charge in [-0.25, -0.2) is 4.79 Å². The van der Waals surface area contributed by atoms with E-state index in [4.69, 9.17) is 17.0 Å². The molecule has 0 bridgehead atoms. The molecular formula is C19H15NO3S2. The van der Waals surface area contributed by atoms with E-state index in [9.17, 15) is 9.59 Å².